The van der Waals surface area contributed by atoms with Gasteiger partial charge in [-0.15, -0.1) is 24.8 Å². The largest absolute Gasteiger partial charge is 0.458 e. The molecule has 1 fully saturated rings. The summed E-state index contributed by atoms with van der Waals surface area (Å²) in [5.41, 5.74) is 0.479. The van der Waals surface area contributed by atoms with E-state index in [-0.39, 0.29) is 43.8 Å². The molecular formula is C15H21Cl2FN2O3. The van der Waals surface area contributed by atoms with Crippen LogP contribution in [0.4, 0.5) is 4.39 Å². The zero-order valence-electron chi connectivity index (χ0n) is 12.8. The lowest BCUT2D eigenvalue weighted by atomic mass is 10.1. The van der Waals surface area contributed by atoms with E-state index in [0.29, 0.717) is 24.3 Å². The number of benzene rings is 1. The fourth-order valence-corrected chi connectivity index (χ4v) is 2.65. The van der Waals surface area contributed by atoms with E-state index < -0.39 is 12.0 Å². The third-order valence-corrected chi connectivity index (χ3v) is 3.68. The van der Waals surface area contributed by atoms with Crippen molar-refractivity contribution in [2.24, 2.45) is 0 Å². The van der Waals surface area contributed by atoms with Crippen molar-refractivity contribution >= 4 is 30.7 Å². The number of nitrogens with zero attached hydrogens (tertiary/aromatic N) is 1. The van der Waals surface area contributed by atoms with Gasteiger partial charge in [0.2, 0.25) is 5.79 Å². The number of hydrogen-bond donors (Lipinski definition) is 1. The normalized spacial score (nSPS) is 27.4. The third-order valence-electron chi connectivity index (χ3n) is 3.68. The Morgan fingerprint density at radius 1 is 1.39 bits per heavy atom. The monoisotopic (exact) mass is 366 g/mol. The maximum atomic E-state index is 13.5. The molecule has 1 aromatic rings. The molecule has 2 aliphatic rings. The highest BCUT2D eigenvalue weighted by Crippen LogP contribution is 2.28. The van der Waals surface area contributed by atoms with E-state index in [4.69, 9.17) is 9.57 Å². The molecule has 1 N–H and O–H groups in total. The number of nitrogens with one attached hydrogen (secondary N) is 1. The fourth-order valence-electron chi connectivity index (χ4n) is 2.65. The topological polar surface area (TPSA) is 50.8 Å². The van der Waals surface area contributed by atoms with E-state index in [9.17, 15) is 9.18 Å². The first-order valence-electron chi connectivity index (χ1n) is 7.20. The van der Waals surface area contributed by atoms with Crippen molar-refractivity contribution in [3.05, 3.63) is 29.8 Å². The summed E-state index contributed by atoms with van der Waals surface area (Å²) in [5, 5.41) is 4.37. The Bertz CT molecular complexity index is 549. The summed E-state index contributed by atoms with van der Waals surface area (Å²) < 4.78 is 19.3. The van der Waals surface area contributed by atoms with Gasteiger partial charge in [-0.25, -0.2) is 4.39 Å². The van der Waals surface area contributed by atoms with E-state index in [0.717, 1.165) is 6.42 Å². The first kappa shape index (κ1) is 20.0. The number of para-hydroxylation sites is 1. The lowest BCUT2D eigenvalue weighted by Gasteiger charge is -2.36. The van der Waals surface area contributed by atoms with Crippen molar-refractivity contribution in [2.75, 3.05) is 19.6 Å². The molecule has 0 saturated carbocycles. The molecule has 3 rings (SSSR count). The quantitative estimate of drug-likeness (QED) is 0.874. The van der Waals surface area contributed by atoms with Crippen LogP contribution in [0.15, 0.2) is 24.3 Å². The second-order valence-electron chi connectivity index (χ2n) is 5.63. The maximum Gasteiger partial charge on any atom is 0.255 e. The van der Waals surface area contributed by atoms with Gasteiger partial charge in [-0.05, 0) is 25.0 Å². The van der Waals surface area contributed by atoms with Crippen LogP contribution in [-0.2, 0) is 4.84 Å². The Kier molecular flexibility index (Phi) is 7.07. The Labute approximate surface area is 147 Å². The molecule has 2 aliphatic heterocycles. The van der Waals surface area contributed by atoms with Crippen LogP contribution in [-0.4, -0.2) is 42.6 Å². The van der Waals surface area contributed by atoms with Gasteiger partial charge in [0.15, 0.2) is 0 Å². The van der Waals surface area contributed by atoms with E-state index in [1.165, 1.54) is 0 Å². The number of amides is 1. The SMILES string of the molecule is CC1(ON2CCC[C@@H](F)C2)CNC(=O)c2ccccc2O1.Cl.Cl. The molecule has 130 valence electrons. The van der Waals surface area contributed by atoms with Crippen LogP contribution in [0.3, 0.4) is 0 Å². The minimum Gasteiger partial charge on any atom is -0.458 e. The number of hydroxylamine groups is 2. The van der Waals surface area contributed by atoms with Gasteiger partial charge in [0.25, 0.3) is 5.91 Å². The van der Waals surface area contributed by atoms with Crippen LogP contribution in [0.25, 0.3) is 0 Å². The molecule has 1 amide bonds. The highest BCUT2D eigenvalue weighted by molar-refractivity contribution is 5.97. The second kappa shape index (κ2) is 8.15. The molecule has 1 aromatic carbocycles. The van der Waals surface area contributed by atoms with Crippen LogP contribution in [0.1, 0.15) is 30.1 Å². The summed E-state index contributed by atoms with van der Waals surface area (Å²) in [6.45, 7) is 2.84. The minimum atomic E-state index is -1.04. The van der Waals surface area contributed by atoms with Gasteiger partial charge in [0.1, 0.15) is 11.9 Å². The van der Waals surface area contributed by atoms with Gasteiger partial charge in [0, 0.05) is 13.5 Å². The number of carbonyl (C=O) groups is 1. The Hall–Kier alpha value is -1.08. The predicted molar refractivity (Wildman–Crippen MR) is 89.1 cm³/mol. The summed E-state index contributed by atoms with van der Waals surface area (Å²) in [6.07, 6.45) is 0.437. The maximum absolute atomic E-state index is 13.5. The van der Waals surface area contributed by atoms with Gasteiger partial charge < -0.3 is 10.1 Å². The van der Waals surface area contributed by atoms with Gasteiger partial charge in [-0.1, -0.05) is 12.1 Å². The van der Waals surface area contributed by atoms with E-state index >= 15 is 0 Å². The van der Waals surface area contributed by atoms with Crippen molar-refractivity contribution in [2.45, 2.75) is 31.7 Å². The van der Waals surface area contributed by atoms with Crippen LogP contribution < -0.4 is 10.1 Å². The first-order valence-corrected chi connectivity index (χ1v) is 7.20. The van der Waals surface area contributed by atoms with Crippen molar-refractivity contribution in [3.63, 3.8) is 0 Å². The lowest BCUT2D eigenvalue weighted by molar-refractivity contribution is -0.313. The summed E-state index contributed by atoms with van der Waals surface area (Å²) >= 11 is 0. The average Bonchev–Trinajstić information content (AvgIpc) is 2.57. The van der Waals surface area contributed by atoms with Gasteiger partial charge >= 0.3 is 0 Å². The molecular weight excluding hydrogens is 346 g/mol. The summed E-state index contributed by atoms with van der Waals surface area (Å²) in [7, 11) is 0. The van der Waals surface area contributed by atoms with E-state index in [2.05, 4.69) is 5.32 Å². The molecule has 23 heavy (non-hydrogen) atoms. The molecule has 0 aromatic heterocycles. The molecule has 0 radical (unpaired) electrons. The van der Waals surface area contributed by atoms with Gasteiger partial charge in [-0.2, -0.15) is 5.06 Å². The standard InChI is InChI=1S/C15H19FN2O3.2ClH/c1-15(21-18-8-4-5-11(16)9-18)10-17-14(19)12-6-2-3-7-13(12)20-15;;/h2-3,6-7,11H,4-5,8-10H2,1H3,(H,17,19);2*1H/t11-,15?;;/m1../s1. The van der Waals surface area contributed by atoms with E-state index in [1.54, 1.807) is 36.3 Å². The molecule has 0 spiro atoms. The Balaban J connectivity index is 0.00000132. The zero-order valence-corrected chi connectivity index (χ0v) is 14.4. The van der Waals surface area contributed by atoms with Gasteiger partial charge in [0.05, 0.1) is 18.7 Å². The smallest absolute Gasteiger partial charge is 0.255 e. The molecule has 0 bridgehead atoms. The minimum absolute atomic E-state index is 0. The molecule has 5 nitrogen and oxygen atoms in total. The predicted octanol–water partition coefficient (Wildman–Crippen LogP) is 2.73. The molecule has 0 aliphatic carbocycles. The molecule has 2 atom stereocenters. The zero-order chi connectivity index (χ0) is 14.9. The Morgan fingerprint density at radius 2 is 2.13 bits per heavy atom. The average molecular weight is 367 g/mol. The fraction of sp³-hybridized carbons (Fsp3) is 0.533. The van der Waals surface area contributed by atoms with Crippen LogP contribution >= 0.6 is 24.8 Å². The van der Waals surface area contributed by atoms with Crippen molar-refractivity contribution in [1.29, 1.82) is 0 Å². The lowest BCUT2D eigenvalue weighted by Crippen LogP contribution is -2.51. The van der Waals surface area contributed by atoms with E-state index in [1.807, 2.05) is 0 Å². The van der Waals surface area contributed by atoms with Crippen LogP contribution in [0.5, 0.6) is 5.75 Å². The first-order chi connectivity index (χ1) is 10.1. The number of halogens is 3. The number of alkyl halides is 1. The number of fused-ring (bicyclic) bond motifs is 1. The number of ether oxygens (including phenoxy) is 1. The second-order valence-corrected chi connectivity index (χ2v) is 5.63. The number of piperidine rings is 1. The highest BCUT2D eigenvalue weighted by Gasteiger charge is 2.37. The molecule has 1 saturated heterocycles. The summed E-state index contributed by atoms with van der Waals surface area (Å²) in [4.78, 5) is 17.8. The van der Waals surface area contributed by atoms with Crippen LogP contribution in [0.2, 0.25) is 0 Å². The van der Waals surface area contributed by atoms with Crippen molar-refractivity contribution < 1.29 is 18.8 Å². The van der Waals surface area contributed by atoms with Crippen LogP contribution in [0, 0.1) is 0 Å². The number of carbonyl (C=O) groups excluding carboxylic acids is 1. The summed E-state index contributed by atoms with van der Waals surface area (Å²) in [6, 6.07) is 7.02. The number of hydrogen-bond acceptors (Lipinski definition) is 4. The Morgan fingerprint density at radius 3 is 2.87 bits per heavy atom. The molecule has 2 heterocycles. The molecule has 8 heteroatoms. The summed E-state index contributed by atoms with van der Waals surface area (Å²) in [5.74, 6) is -0.761. The van der Waals surface area contributed by atoms with Gasteiger partial charge in [-0.3, -0.25) is 9.63 Å². The van der Waals surface area contributed by atoms with Crippen molar-refractivity contribution in [3.8, 4) is 5.75 Å². The third kappa shape index (κ3) is 4.70. The number of rotatable bonds is 2. The molecule has 1 unspecified atom stereocenters. The van der Waals surface area contributed by atoms with Crippen molar-refractivity contribution in [1.82, 2.24) is 10.4 Å². The highest BCUT2D eigenvalue weighted by atomic mass is 35.5.